The van der Waals surface area contributed by atoms with Gasteiger partial charge in [-0.25, -0.2) is 8.42 Å². The highest BCUT2D eigenvalue weighted by Crippen LogP contribution is 2.55. The summed E-state index contributed by atoms with van der Waals surface area (Å²) in [5, 5.41) is 0. The van der Waals surface area contributed by atoms with E-state index >= 15 is 0 Å². The van der Waals surface area contributed by atoms with E-state index in [0.717, 1.165) is 24.0 Å². The number of carbonyl (C=O) groups excluding carboxylic acids is 1. The molecule has 28 heavy (non-hydrogen) atoms. The molecule has 0 radical (unpaired) electrons. The Morgan fingerprint density at radius 3 is 2.54 bits per heavy atom. The number of hydrogen-bond donors (Lipinski definition) is 0. The fraction of sp³-hybridized carbons (Fsp3) is 0.348. The molecule has 0 fully saturated rings. The highest BCUT2D eigenvalue weighted by molar-refractivity contribution is 7.93. The molecule has 1 aliphatic heterocycles. The molecular formula is C23H25NO3S. The molecule has 1 heterocycles. The zero-order valence-electron chi connectivity index (χ0n) is 16.3. The van der Waals surface area contributed by atoms with Crippen LogP contribution in [0.5, 0.6) is 0 Å². The maximum absolute atomic E-state index is 13.8. The number of sulfonamides is 1. The van der Waals surface area contributed by atoms with Crippen LogP contribution < -0.4 is 4.31 Å². The second-order valence-corrected chi connectivity index (χ2v) is 9.58. The Hall–Kier alpha value is -2.40. The van der Waals surface area contributed by atoms with E-state index in [9.17, 15) is 13.2 Å². The Morgan fingerprint density at radius 1 is 1.11 bits per heavy atom. The summed E-state index contributed by atoms with van der Waals surface area (Å²) < 4.78 is 29.2. The summed E-state index contributed by atoms with van der Waals surface area (Å²) in [5.41, 5.74) is 1.94. The van der Waals surface area contributed by atoms with Crippen molar-refractivity contribution in [3.63, 3.8) is 0 Å². The van der Waals surface area contributed by atoms with Gasteiger partial charge in [0.15, 0.2) is 5.78 Å². The van der Waals surface area contributed by atoms with Crippen molar-refractivity contribution in [2.45, 2.75) is 55.9 Å². The van der Waals surface area contributed by atoms with Gasteiger partial charge in [-0.1, -0.05) is 61.7 Å². The lowest BCUT2D eigenvalue weighted by molar-refractivity contribution is -0.115. The molecule has 0 amide bonds. The Bertz CT molecular complexity index is 1040. The number of unbranched alkanes of at least 4 members (excludes halogenated alkanes) is 1. The summed E-state index contributed by atoms with van der Waals surface area (Å²) in [6.45, 7) is 4.04. The number of nitrogens with zero attached hydrogens (tertiary/aromatic N) is 1. The van der Waals surface area contributed by atoms with Gasteiger partial charge in [-0.3, -0.25) is 9.10 Å². The number of hydrogen-bond acceptors (Lipinski definition) is 3. The predicted octanol–water partition coefficient (Wildman–Crippen LogP) is 4.75. The first kappa shape index (κ1) is 18.9. The van der Waals surface area contributed by atoms with Crippen LogP contribution in [-0.4, -0.2) is 19.7 Å². The Balaban J connectivity index is 1.95. The van der Waals surface area contributed by atoms with E-state index in [1.165, 1.54) is 0 Å². The third kappa shape index (κ3) is 2.80. The summed E-state index contributed by atoms with van der Waals surface area (Å²) in [7, 11) is -3.77. The molecule has 2 aromatic rings. The molecule has 2 aromatic carbocycles. The SMILES string of the molecule is CCCC[C@]12C=CC(=O)C[C@H]1c1ccccc1N2S(=O)(=O)c1ccc(C)cc1. The lowest BCUT2D eigenvalue weighted by atomic mass is 9.73. The van der Waals surface area contributed by atoms with E-state index in [1.54, 1.807) is 22.5 Å². The van der Waals surface area contributed by atoms with Crippen molar-refractivity contribution in [2.24, 2.45) is 0 Å². The molecule has 0 saturated carbocycles. The molecule has 1 aliphatic carbocycles. The second-order valence-electron chi connectivity index (χ2n) is 7.79. The summed E-state index contributed by atoms with van der Waals surface area (Å²) in [5.74, 6) is -0.0884. The molecule has 2 atom stereocenters. The topological polar surface area (TPSA) is 54.5 Å². The smallest absolute Gasteiger partial charge is 0.265 e. The van der Waals surface area contributed by atoms with Crippen molar-refractivity contribution >= 4 is 21.5 Å². The van der Waals surface area contributed by atoms with Crippen LogP contribution in [0.3, 0.4) is 0 Å². The molecule has 5 heteroatoms. The highest BCUT2D eigenvalue weighted by Gasteiger charge is 2.55. The molecular weight excluding hydrogens is 370 g/mol. The minimum absolute atomic E-state index is 0.0570. The number of anilines is 1. The van der Waals surface area contributed by atoms with Crippen molar-refractivity contribution < 1.29 is 13.2 Å². The number of carbonyl (C=O) groups is 1. The summed E-state index contributed by atoms with van der Waals surface area (Å²) in [6, 6.07) is 14.6. The molecule has 146 valence electrons. The van der Waals surface area contributed by atoms with Crippen LogP contribution in [0.1, 0.15) is 49.7 Å². The highest BCUT2D eigenvalue weighted by atomic mass is 32.2. The van der Waals surface area contributed by atoms with Gasteiger partial charge in [-0.2, -0.15) is 0 Å². The maximum atomic E-state index is 13.8. The van der Waals surface area contributed by atoms with Crippen molar-refractivity contribution in [1.82, 2.24) is 0 Å². The number of benzene rings is 2. The molecule has 0 unspecified atom stereocenters. The summed E-state index contributed by atoms with van der Waals surface area (Å²) in [6.07, 6.45) is 6.32. The van der Waals surface area contributed by atoms with Gasteiger partial charge in [0.05, 0.1) is 16.1 Å². The van der Waals surface area contributed by atoms with Crippen molar-refractivity contribution in [3.05, 3.63) is 71.8 Å². The van der Waals surface area contributed by atoms with E-state index in [2.05, 4.69) is 6.92 Å². The normalized spacial score (nSPS) is 23.6. The molecule has 0 N–H and O–H groups in total. The van der Waals surface area contributed by atoms with E-state index in [-0.39, 0.29) is 16.6 Å². The average Bonchev–Trinajstić information content (AvgIpc) is 2.97. The van der Waals surface area contributed by atoms with Gasteiger partial charge in [-0.05, 0) is 43.2 Å². The Labute approximate surface area is 166 Å². The third-order valence-corrected chi connectivity index (χ3v) is 7.85. The van der Waals surface area contributed by atoms with Gasteiger partial charge < -0.3 is 0 Å². The standard InChI is InChI=1S/C23H25NO3S/c1-3-4-14-23-15-13-18(25)16-21(23)20-7-5-6-8-22(20)24(23)28(26,27)19-11-9-17(2)10-12-19/h5-13,15,21H,3-4,14,16H2,1-2H3/t21-,23-/m0/s1. The fourth-order valence-electron chi connectivity index (χ4n) is 4.57. The lowest BCUT2D eigenvalue weighted by Crippen LogP contribution is -2.52. The molecule has 4 nitrogen and oxygen atoms in total. The zero-order valence-corrected chi connectivity index (χ0v) is 17.1. The molecule has 0 aromatic heterocycles. The first-order chi connectivity index (χ1) is 13.4. The minimum atomic E-state index is -3.77. The van der Waals surface area contributed by atoms with E-state index in [4.69, 9.17) is 0 Å². The third-order valence-electron chi connectivity index (χ3n) is 5.97. The molecule has 0 spiro atoms. The summed E-state index contributed by atoms with van der Waals surface area (Å²) in [4.78, 5) is 12.5. The van der Waals surface area contributed by atoms with E-state index in [1.807, 2.05) is 49.4 Å². The van der Waals surface area contributed by atoms with Gasteiger partial charge in [0.2, 0.25) is 0 Å². The van der Waals surface area contributed by atoms with Crippen molar-refractivity contribution in [3.8, 4) is 0 Å². The number of para-hydroxylation sites is 1. The molecule has 2 aliphatic rings. The van der Waals surface area contributed by atoms with Crippen LogP contribution in [0, 0.1) is 6.92 Å². The van der Waals surface area contributed by atoms with Gasteiger partial charge in [0.25, 0.3) is 10.0 Å². The number of fused-ring (bicyclic) bond motifs is 3. The zero-order chi connectivity index (χ0) is 19.9. The number of rotatable bonds is 5. The number of aryl methyl sites for hydroxylation is 1. The van der Waals surface area contributed by atoms with Crippen molar-refractivity contribution in [2.75, 3.05) is 4.31 Å². The molecule has 0 saturated heterocycles. The first-order valence-electron chi connectivity index (χ1n) is 9.83. The summed E-state index contributed by atoms with van der Waals surface area (Å²) >= 11 is 0. The van der Waals surface area contributed by atoms with Crippen LogP contribution in [0.25, 0.3) is 0 Å². The van der Waals surface area contributed by atoms with Crippen LogP contribution >= 0.6 is 0 Å². The van der Waals surface area contributed by atoms with Crippen LogP contribution in [0.15, 0.2) is 65.6 Å². The first-order valence-corrected chi connectivity index (χ1v) is 11.3. The van der Waals surface area contributed by atoms with Crippen LogP contribution in [-0.2, 0) is 14.8 Å². The van der Waals surface area contributed by atoms with Crippen LogP contribution in [0.4, 0.5) is 5.69 Å². The van der Waals surface area contributed by atoms with Gasteiger partial charge in [-0.15, -0.1) is 0 Å². The van der Waals surface area contributed by atoms with E-state index in [0.29, 0.717) is 18.5 Å². The van der Waals surface area contributed by atoms with Crippen molar-refractivity contribution in [1.29, 1.82) is 0 Å². The Morgan fingerprint density at radius 2 is 1.82 bits per heavy atom. The van der Waals surface area contributed by atoms with Gasteiger partial charge in [0, 0.05) is 12.3 Å². The number of ketones is 1. The molecule has 0 bridgehead atoms. The quantitative estimate of drug-likeness (QED) is 0.734. The average molecular weight is 396 g/mol. The minimum Gasteiger partial charge on any atom is -0.295 e. The number of allylic oxidation sites excluding steroid dienone is 1. The monoisotopic (exact) mass is 395 g/mol. The maximum Gasteiger partial charge on any atom is 0.265 e. The van der Waals surface area contributed by atoms with Crippen LogP contribution in [0.2, 0.25) is 0 Å². The van der Waals surface area contributed by atoms with E-state index < -0.39 is 15.6 Å². The largest absolute Gasteiger partial charge is 0.295 e. The lowest BCUT2D eigenvalue weighted by Gasteiger charge is -2.42. The van der Waals surface area contributed by atoms with Gasteiger partial charge >= 0.3 is 0 Å². The Kier molecular flexibility index (Phi) is 4.66. The predicted molar refractivity (Wildman–Crippen MR) is 111 cm³/mol. The second kappa shape index (κ2) is 6.89. The molecule has 4 rings (SSSR count). The fourth-order valence-corrected chi connectivity index (χ4v) is 6.41. The van der Waals surface area contributed by atoms with Gasteiger partial charge in [0.1, 0.15) is 0 Å².